The summed E-state index contributed by atoms with van der Waals surface area (Å²) in [5.74, 6) is -0.477. The third kappa shape index (κ3) is 5.34. The molecule has 1 heterocycles. The number of carbonyl (C=O) groups excluding carboxylic acids is 1. The summed E-state index contributed by atoms with van der Waals surface area (Å²) in [4.78, 5) is 13.1. The zero-order valence-electron chi connectivity index (χ0n) is 11.9. The highest BCUT2D eigenvalue weighted by atomic mass is 32.2. The monoisotopic (exact) mass is 333 g/mol. The molecule has 6 nitrogen and oxygen atoms in total. The number of hydrogen-bond donors (Lipinski definition) is 0. The predicted octanol–water partition coefficient (Wildman–Crippen LogP) is 2.11. The standard InChI is InChI=1S/C11H18F3NO5S/c1-10(2,3)20-9(16)15-5-4-8(6-15)7-19-21(17,18)11(12,13)14/h8H,4-7H2,1-3H3/t8-/m0/s1. The SMILES string of the molecule is CC(C)(C)OC(=O)N1CC[C@H](COS(=O)(=O)C(F)(F)F)C1. The van der Waals surface area contributed by atoms with Crippen molar-refractivity contribution in [2.24, 2.45) is 5.92 Å². The first-order valence-corrected chi connectivity index (χ1v) is 7.66. The topological polar surface area (TPSA) is 72.9 Å². The Bertz CT molecular complexity index is 483. The van der Waals surface area contributed by atoms with Crippen molar-refractivity contribution in [2.75, 3.05) is 19.7 Å². The number of halogens is 3. The molecule has 1 atom stereocenters. The van der Waals surface area contributed by atoms with E-state index in [-0.39, 0.29) is 13.1 Å². The lowest BCUT2D eigenvalue weighted by molar-refractivity contribution is -0.0550. The molecule has 10 heteroatoms. The van der Waals surface area contributed by atoms with Gasteiger partial charge in [-0.15, -0.1) is 0 Å². The average molecular weight is 333 g/mol. The van der Waals surface area contributed by atoms with Crippen molar-refractivity contribution in [1.29, 1.82) is 0 Å². The third-order valence-electron chi connectivity index (χ3n) is 2.68. The van der Waals surface area contributed by atoms with Crippen LogP contribution in [0.5, 0.6) is 0 Å². The summed E-state index contributed by atoms with van der Waals surface area (Å²) in [5.41, 5.74) is -6.11. The average Bonchev–Trinajstić information content (AvgIpc) is 2.71. The normalized spacial score (nSPS) is 20.7. The number of alkyl halides is 3. The summed E-state index contributed by atoms with van der Waals surface area (Å²) in [6.45, 7) is 4.85. The van der Waals surface area contributed by atoms with Crippen LogP contribution in [-0.4, -0.2) is 50.2 Å². The second-order valence-corrected chi connectivity index (χ2v) is 7.37. The molecular weight excluding hydrogens is 315 g/mol. The van der Waals surface area contributed by atoms with Crippen molar-refractivity contribution in [3.05, 3.63) is 0 Å². The van der Waals surface area contributed by atoms with Crippen molar-refractivity contribution in [1.82, 2.24) is 4.90 Å². The van der Waals surface area contributed by atoms with Gasteiger partial charge in [0.2, 0.25) is 0 Å². The molecular formula is C11H18F3NO5S. The molecule has 124 valence electrons. The minimum Gasteiger partial charge on any atom is -0.444 e. The van der Waals surface area contributed by atoms with Gasteiger partial charge in [-0.2, -0.15) is 21.6 Å². The van der Waals surface area contributed by atoms with Crippen LogP contribution in [0.25, 0.3) is 0 Å². The lowest BCUT2D eigenvalue weighted by atomic mass is 10.1. The van der Waals surface area contributed by atoms with Crippen molar-refractivity contribution < 1.29 is 35.3 Å². The van der Waals surface area contributed by atoms with E-state index < -0.39 is 39.8 Å². The minimum atomic E-state index is -5.59. The molecule has 1 aliphatic heterocycles. The molecule has 0 unspecified atom stereocenters. The number of carbonyl (C=O) groups is 1. The molecule has 21 heavy (non-hydrogen) atoms. The van der Waals surface area contributed by atoms with E-state index in [9.17, 15) is 26.4 Å². The fourth-order valence-corrected chi connectivity index (χ4v) is 2.22. The number of ether oxygens (including phenoxy) is 1. The molecule has 1 saturated heterocycles. The van der Waals surface area contributed by atoms with Crippen LogP contribution < -0.4 is 0 Å². The number of nitrogens with zero attached hydrogens (tertiary/aromatic N) is 1. The Morgan fingerprint density at radius 1 is 1.29 bits per heavy atom. The number of hydrogen-bond acceptors (Lipinski definition) is 5. The maximum Gasteiger partial charge on any atom is 0.523 e. The van der Waals surface area contributed by atoms with E-state index in [1.165, 1.54) is 4.90 Å². The molecule has 1 rings (SSSR count). The Balaban J connectivity index is 2.48. The molecule has 1 aliphatic rings. The maximum absolute atomic E-state index is 12.1. The predicted molar refractivity (Wildman–Crippen MR) is 66.8 cm³/mol. The van der Waals surface area contributed by atoms with E-state index in [1.54, 1.807) is 20.8 Å². The molecule has 0 spiro atoms. The van der Waals surface area contributed by atoms with E-state index >= 15 is 0 Å². The zero-order chi connectivity index (χ0) is 16.5. The van der Waals surface area contributed by atoms with Gasteiger partial charge in [0.05, 0.1) is 6.61 Å². The second-order valence-electron chi connectivity index (χ2n) is 5.77. The fourth-order valence-electron chi connectivity index (χ4n) is 1.71. The van der Waals surface area contributed by atoms with Gasteiger partial charge in [-0.25, -0.2) is 4.79 Å². The quantitative estimate of drug-likeness (QED) is 0.584. The summed E-state index contributed by atoms with van der Waals surface area (Å²) in [5, 5.41) is 0. The molecule has 0 bridgehead atoms. The van der Waals surface area contributed by atoms with Gasteiger partial charge in [0.25, 0.3) is 0 Å². The first-order valence-electron chi connectivity index (χ1n) is 6.25. The summed E-state index contributed by atoms with van der Waals surface area (Å²) in [6.07, 6.45) is -0.226. The number of rotatable bonds is 3. The lowest BCUT2D eigenvalue weighted by Gasteiger charge is -2.24. The van der Waals surface area contributed by atoms with Crippen LogP contribution >= 0.6 is 0 Å². The highest BCUT2D eigenvalue weighted by molar-refractivity contribution is 7.87. The smallest absolute Gasteiger partial charge is 0.444 e. The van der Waals surface area contributed by atoms with Gasteiger partial charge in [0.1, 0.15) is 5.60 Å². The second kappa shape index (κ2) is 5.99. The Labute approximate surface area is 121 Å². The summed E-state index contributed by atoms with van der Waals surface area (Å²) < 4.78 is 66.9. The summed E-state index contributed by atoms with van der Waals surface area (Å²) in [6, 6.07) is 0. The van der Waals surface area contributed by atoms with Crippen molar-refractivity contribution >= 4 is 16.2 Å². The number of likely N-dealkylation sites (tertiary alicyclic amines) is 1. The molecule has 0 aromatic carbocycles. The van der Waals surface area contributed by atoms with Gasteiger partial charge in [0, 0.05) is 19.0 Å². The van der Waals surface area contributed by atoms with Crippen LogP contribution in [0.15, 0.2) is 0 Å². The minimum absolute atomic E-state index is 0.0995. The van der Waals surface area contributed by atoms with E-state index in [0.717, 1.165) is 0 Å². The Morgan fingerprint density at radius 3 is 2.33 bits per heavy atom. The zero-order valence-corrected chi connectivity index (χ0v) is 12.8. The fraction of sp³-hybridized carbons (Fsp3) is 0.909. The molecule has 1 fully saturated rings. The summed E-state index contributed by atoms with van der Waals surface area (Å²) >= 11 is 0. The van der Waals surface area contributed by atoms with Gasteiger partial charge < -0.3 is 9.64 Å². The highest BCUT2D eigenvalue weighted by Crippen LogP contribution is 2.26. The first-order chi connectivity index (χ1) is 9.32. The molecule has 0 N–H and O–H groups in total. The largest absolute Gasteiger partial charge is 0.523 e. The molecule has 0 aromatic rings. The van der Waals surface area contributed by atoms with E-state index in [4.69, 9.17) is 4.74 Å². The van der Waals surface area contributed by atoms with E-state index in [1.807, 2.05) is 0 Å². The lowest BCUT2D eigenvalue weighted by Crippen LogP contribution is -2.35. The number of amides is 1. The van der Waals surface area contributed by atoms with Crippen LogP contribution in [0.3, 0.4) is 0 Å². The van der Waals surface area contributed by atoms with Gasteiger partial charge in [-0.05, 0) is 27.2 Å². The van der Waals surface area contributed by atoms with Crippen LogP contribution in [0.1, 0.15) is 27.2 Å². The third-order valence-corrected chi connectivity index (χ3v) is 3.69. The molecule has 0 aromatic heterocycles. The van der Waals surface area contributed by atoms with Gasteiger partial charge in [0.15, 0.2) is 0 Å². The van der Waals surface area contributed by atoms with Crippen molar-refractivity contribution in [3.8, 4) is 0 Å². The maximum atomic E-state index is 12.1. The Hall–Kier alpha value is -1.03. The highest BCUT2D eigenvalue weighted by Gasteiger charge is 2.47. The first kappa shape index (κ1) is 18.0. The Morgan fingerprint density at radius 2 is 1.86 bits per heavy atom. The van der Waals surface area contributed by atoms with E-state index in [0.29, 0.717) is 6.42 Å². The molecule has 0 aliphatic carbocycles. The van der Waals surface area contributed by atoms with Crippen LogP contribution in [0, 0.1) is 5.92 Å². The van der Waals surface area contributed by atoms with Crippen molar-refractivity contribution in [2.45, 2.75) is 38.3 Å². The van der Waals surface area contributed by atoms with Crippen molar-refractivity contribution in [3.63, 3.8) is 0 Å². The summed E-state index contributed by atoms with van der Waals surface area (Å²) in [7, 11) is -5.59. The van der Waals surface area contributed by atoms with Gasteiger partial charge in [-0.1, -0.05) is 0 Å². The van der Waals surface area contributed by atoms with Crippen LogP contribution in [0.2, 0.25) is 0 Å². The molecule has 0 saturated carbocycles. The van der Waals surface area contributed by atoms with E-state index in [2.05, 4.69) is 4.18 Å². The van der Waals surface area contributed by atoms with Gasteiger partial charge in [-0.3, -0.25) is 4.18 Å². The molecule has 0 radical (unpaired) electrons. The molecule has 1 amide bonds. The van der Waals surface area contributed by atoms with Crippen LogP contribution in [0.4, 0.5) is 18.0 Å². The van der Waals surface area contributed by atoms with Gasteiger partial charge >= 0.3 is 21.7 Å². The van der Waals surface area contributed by atoms with Crippen LogP contribution in [-0.2, 0) is 19.0 Å². The Kier molecular flexibility index (Phi) is 5.14.